The molecule has 110 valence electrons. The molecule has 0 radical (unpaired) electrons. The van der Waals surface area contributed by atoms with E-state index >= 15 is 0 Å². The number of halogens is 2. The van der Waals surface area contributed by atoms with Crippen molar-refractivity contribution >= 4 is 32.8 Å². The molecule has 0 N–H and O–H groups in total. The number of nitrogens with zero attached hydrogens (tertiary/aromatic N) is 2. The first-order chi connectivity index (χ1) is 10.4. The van der Waals surface area contributed by atoms with Crippen molar-refractivity contribution < 1.29 is 12.8 Å². The SMILES string of the molecule is N#CC1=CN(c2ccc(F)c(Cl)c2)c2ccccc2S1(=O)=O. The summed E-state index contributed by atoms with van der Waals surface area (Å²) in [7, 11) is -3.84. The lowest BCUT2D eigenvalue weighted by molar-refractivity contribution is 0.602. The molecular weight excluding hydrogens is 327 g/mol. The van der Waals surface area contributed by atoms with Crippen LogP contribution in [0.2, 0.25) is 5.02 Å². The number of para-hydroxylation sites is 1. The number of nitriles is 1. The smallest absolute Gasteiger partial charge is 0.220 e. The van der Waals surface area contributed by atoms with Crippen molar-refractivity contribution in [3.63, 3.8) is 0 Å². The minimum absolute atomic E-state index is 0.0227. The van der Waals surface area contributed by atoms with Gasteiger partial charge in [-0.1, -0.05) is 23.7 Å². The van der Waals surface area contributed by atoms with E-state index in [0.29, 0.717) is 11.4 Å². The number of fused-ring (bicyclic) bond motifs is 1. The average Bonchev–Trinajstić information content (AvgIpc) is 2.51. The van der Waals surface area contributed by atoms with Gasteiger partial charge in [0, 0.05) is 11.9 Å². The van der Waals surface area contributed by atoms with Gasteiger partial charge in [0.15, 0.2) is 4.91 Å². The minimum atomic E-state index is -3.84. The second-order valence-electron chi connectivity index (χ2n) is 4.54. The van der Waals surface area contributed by atoms with E-state index in [4.69, 9.17) is 16.9 Å². The zero-order chi connectivity index (χ0) is 15.9. The van der Waals surface area contributed by atoms with Gasteiger partial charge in [0.05, 0.1) is 15.6 Å². The summed E-state index contributed by atoms with van der Waals surface area (Å²) in [6, 6.07) is 12.0. The van der Waals surface area contributed by atoms with E-state index in [1.54, 1.807) is 24.3 Å². The Labute approximate surface area is 131 Å². The molecule has 0 amide bonds. The van der Waals surface area contributed by atoms with E-state index < -0.39 is 15.7 Å². The number of anilines is 2. The van der Waals surface area contributed by atoms with Crippen LogP contribution in [-0.2, 0) is 9.84 Å². The Morgan fingerprint density at radius 2 is 1.91 bits per heavy atom. The number of hydrogen-bond donors (Lipinski definition) is 0. The average molecular weight is 335 g/mol. The maximum absolute atomic E-state index is 13.3. The Bertz CT molecular complexity index is 948. The van der Waals surface area contributed by atoms with Gasteiger partial charge in [-0.3, -0.25) is 0 Å². The van der Waals surface area contributed by atoms with Gasteiger partial charge in [0.1, 0.15) is 11.9 Å². The van der Waals surface area contributed by atoms with Crippen molar-refractivity contribution in [2.45, 2.75) is 4.90 Å². The molecule has 0 spiro atoms. The summed E-state index contributed by atoms with van der Waals surface area (Å²) >= 11 is 5.78. The minimum Gasteiger partial charge on any atom is -0.314 e. The summed E-state index contributed by atoms with van der Waals surface area (Å²) in [5, 5.41) is 9.02. The van der Waals surface area contributed by atoms with E-state index in [2.05, 4.69) is 0 Å². The largest absolute Gasteiger partial charge is 0.314 e. The fourth-order valence-corrected chi connectivity index (χ4v) is 3.67. The van der Waals surface area contributed by atoms with E-state index in [-0.39, 0.29) is 14.8 Å². The second kappa shape index (κ2) is 5.13. The third kappa shape index (κ3) is 2.15. The number of benzene rings is 2. The molecule has 22 heavy (non-hydrogen) atoms. The Morgan fingerprint density at radius 1 is 1.18 bits per heavy atom. The topological polar surface area (TPSA) is 61.2 Å². The van der Waals surface area contributed by atoms with Gasteiger partial charge in [-0.15, -0.1) is 0 Å². The molecule has 2 aromatic rings. The van der Waals surface area contributed by atoms with Crippen LogP contribution in [0.4, 0.5) is 15.8 Å². The van der Waals surface area contributed by atoms with Gasteiger partial charge < -0.3 is 4.90 Å². The zero-order valence-electron chi connectivity index (χ0n) is 11.0. The fraction of sp³-hybridized carbons (Fsp3) is 0. The molecular formula is C15H8ClFN2O2S. The predicted molar refractivity (Wildman–Crippen MR) is 80.9 cm³/mol. The standard InChI is InChI=1S/C15H8ClFN2O2S/c16-12-7-10(5-6-13(12)17)19-9-11(8-18)22(20,21)15-4-2-1-3-14(15)19/h1-7,9H. The van der Waals surface area contributed by atoms with Crippen LogP contribution in [0.3, 0.4) is 0 Å². The molecule has 1 aliphatic heterocycles. The van der Waals surface area contributed by atoms with Crippen LogP contribution < -0.4 is 4.90 Å². The normalized spacial score (nSPS) is 15.7. The number of sulfone groups is 1. The zero-order valence-corrected chi connectivity index (χ0v) is 12.6. The molecule has 0 atom stereocenters. The molecule has 0 unspecified atom stereocenters. The van der Waals surface area contributed by atoms with Crippen molar-refractivity contribution in [2.24, 2.45) is 0 Å². The van der Waals surface area contributed by atoms with Crippen LogP contribution in [0.25, 0.3) is 0 Å². The third-order valence-electron chi connectivity index (χ3n) is 3.24. The maximum Gasteiger partial charge on any atom is 0.220 e. The summed E-state index contributed by atoms with van der Waals surface area (Å²) < 4.78 is 38.0. The fourth-order valence-electron chi connectivity index (χ4n) is 2.20. The van der Waals surface area contributed by atoms with Crippen LogP contribution in [0, 0.1) is 17.1 Å². The van der Waals surface area contributed by atoms with Crippen LogP contribution in [0.1, 0.15) is 0 Å². The van der Waals surface area contributed by atoms with Crippen molar-refractivity contribution in [3.05, 3.63) is 64.4 Å². The lowest BCUT2D eigenvalue weighted by Crippen LogP contribution is -2.21. The van der Waals surface area contributed by atoms with Crippen molar-refractivity contribution in [2.75, 3.05) is 4.90 Å². The molecule has 0 aliphatic carbocycles. The van der Waals surface area contributed by atoms with Crippen molar-refractivity contribution in [1.29, 1.82) is 5.26 Å². The highest BCUT2D eigenvalue weighted by Gasteiger charge is 2.31. The summed E-state index contributed by atoms with van der Waals surface area (Å²) in [5.41, 5.74) is 0.839. The summed E-state index contributed by atoms with van der Waals surface area (Å²) in [6.45, 7) is 0. The van der Waals surface area contributed by atoms with Crippen LogP contribution in [0.15, 0.2) is 58.5 Å². The van der Waals surface area contributed by atoms with Crippen LogP contribution >= 0.6 is 11.6 Å². The number of allylic oxidation sites excluding steroid dienone is 1. The highest BCUT2D eigenvalue weighted by atomic mass is 35.5. The lowest BCUT2D eigenvalue weighted by atomic mass is 10.2. The van der Waals surface area contributed by atoms with Crippen molar-refractivity contribution in [1.82, 2.24) is 0 Å². The molecule has 3 rings (SSSR count). The second-order valence-corrected chi connectivity index (χ2v) is 6.84. The summed E-state index contributed by atoms with van der Waals surface area (Å²) in [5.74, 6) is -0.576. The monoisotopic (exact) mass is 334 g/mol. The molecule has 4 nitrogen and oxygen atoms in total. The first-order valence-electron chi connectivity index (χ1n) is 6.15. The summed E-state index contributed by atoms with van der Waals surface area (Å²) in [6.07, 6.45) is 1.21. The van der Waals surface area contributed by atoms with Gasteiger partial charge in [-0.25, -0.2) is 12.8 Å². The van der Waals surface area contributed by atoms with Gasteiger partial charge >= 0.3 is 0 Å². The Balaban J connectivity index is 2.28. The predicted octanol–water partition coefficient (Wildman–Crippen LogP) is 3.77. The first-order valence-corrected chi connectivity index (χ1v) is 8.01. The molecule has 2 aromatic carbocycles. The first kappa shape index (κ1) is 14.6. The molecule has 0 aromatic heterocycles. The van der Waals surface area contributed by atoms with Gasteiger partial charge in [0.25, 0.3) is 0 Å². The molecule has 0 saturated carbocycles. The van der Waals surface area contributed by atoms with E-state index in [0.717, 1.165) is 0 Å². The van der Waals surface area contributed by atoms with Crippen LogP contribution in [0.5, 0.6) is 0 Å². The molecule has 1 heterocycles. The molecule has 1 aliphatic rings. The molecule has 0 fully saturated rings. The van der Waals surface area contributed by atoms with E-state index in [1.165, 1.54) is 35.4 Å². The quantitative estimate of drug-likeness (QED) is 0.796. The van der Waals surface area contributed by atoms with Crippen molar-refractivity contribution in [3.8, 4) is 6.07 Å². The molecule has 7 heteroatoms. The highest BCUT2D eigenvalue weighted by Crippen LogP contribution is 2.39. The number of hydrogen-bond acceptors (Lipinski definition) is 4. The van der Waals surface area contributed by atoms with E-state index in [9.17, 15) is 12.8 Å². The lowest BCUT2D eigenvalue weighted by Gasteiger charge is -2.27. The van der Waals surface area contributed by atoms with Gasteiger partial charge in [0.2, 0.25) is 9.84 Å². The highest BCUT2D eigenvalue weighted by molar-refractivity contribution is 7.95. The van der Waals surface area contributed by atoms with E-state index in [1.807, 2.05) is 0 Å². The Morgan fingerprint density at radius 3 is 2.59 bits per heavy atom. The maximum atomic E-state index is 13.3. The number of rotatable bonds is 1. The molecule has 0 bridgehead atoms. The van der Waals surface area contributed by atoms with Gasteiger partial charge in [-0.2, -0.15) is 5.26 Å². The third-order valence-corrected chi connectivity index (χ3v) is 5.23. The van der Waals surface area contributed by atoms with Gasteiger partial charge in [-0.05, 0) is 30.3 Å². The van der Waals surface area contributed by atoms with Crippen LogP contribution in [-0.4, -0.2) is 8.42 Å². The Hall–Kier alpha value is -2.36. The Kier molecular flexibility index (Phi) is 3.39. The molecule has 0 saturated heterocycles. The summed E-state index contributed by atoms with van der Waals surface area (Å²) in [4.78, 5) is 1.14.